The van der Waals surface area contributed by atoms with Gasteiger partial charge in [-0.2, -0.15) is 0 Å². The molecule has 10 nitrogen and oxygen atoms in total. The Morgan fingerprint density at radius 1 is 1.03 bits per heavy atom. The molecule has 30 heavy (non-hydrogen) atoms. The molecule has 1 N–H and O–H groups in total. The molecule has 1 fully saturated rings. The molecule has 4 heterocycles. The molecule has 0 bridgehead atoms. The fourth-order valence-electron chi connectivity index (χ4n) is 3.56. The maximum absolute atomic E-state index is 10.8. The third-order valence-electron chi connectivity index (χ3n) is 5.13. The first kappa shape index (κ1) is 18.6. The quantitative estimate of drug-likeness (QED) is 0.490. The standard InChI is InChI=1S/C19H19N7O3S/c27-26(28)16-6-5-15(29-16)18-22-23-19(30-18)25-11-9-24(10-12-25)14-3-1-13(2-4-14)17-20-7-8-21-17/h1-6H,7-12H2,(H,20,21). The van der Waals surface area contributed by atoms with Crippen LogP contribution in [0.5, 0.6) is 0 Å². The Balaban J connectivity index is 1.22. The summed E-state index contributed by atoms with van der Waals surface area (Å²) < 4.78 is 5.22. The molecule has 0 radical (unpaired) electrons. The zero-order valence-electron chi connectivity index (χ0n) is 16.0. The molecule has 3 aromatic rings. The van der Waals surface area contributed by atoms with Crippen molar-refractivity contribution >= 4 is 33.9 Å². The summed E-state index contributed by atoms with van der Waals surface area (Å²) in [6.45, 7) is 5.14. The minimum Gasteiger partial charge on any atom is -0.398 e. The van der Waals surface area contributed by atoms with Crippen LogP contribution in [0.25, 0.3) is 10.8 Å². The first-order chi connectivity index (χ1) is 14.7. The molecule has 0 aliphatic carbocycles. The third-order valence-corrected chi connectivity index (χ3v) is 6.13. The highest BCUT2D eigenvalue weighted by molar-refractivity contribution is 7.18. The lowest BCUT2D eigenvalue weighted by Crippen LogP contribution is -2.46. The number of hydrogen-bond donors (Lipinski definition) is 1. The van der Waals surface area contributed by atoms with E-state index in [1.54, 1.807) is 6.07 Å². The summed E-state index contributed by atoms with van der Waals surface area (Å²) >= 11 is 1.38. The first-order valence-corrected chi connectivity index (χ1v) is 10.5. The Kier molecular flexibility index (Phi) is 4.79. The fraction of sp³-hybridized carbons (Fsp3) is 0.316. The van der Waals surface area contributed by atoms with Gasteiger partial charge in [-0.15, -0.1) is 10.2 Å². The van der Waals surface area contributed by atoms with Crippen LogP contribution in [0.2, 0.25) is 0 Å². The Morgan fingerprint density at radius 2 is 1.80 bits per heavy atom. The van der Waals surface area contributed by atoms with Gasteiger partial charge in [0.05, 0.1) is 12.6 Å². The molecule has 5 rings (SSSR count). The predicted molar refractivity (Wildman–Crippen MR) is 115 cm³/mol. The van der Waals surface area contributed by atoms with Crippen molar-refractivity contribution in [3.63, 3.8) is 0 Å². The Bertz CT molecular complexity index is 1080. The number of furan rings is 1. The summed E-state index contributed by atoms with van der Waals surface area (Å²) in [5.74, 6) is 1.04. The number of benzene rings is 1. The largest absolute Gasteiger partial charge is 0.433 e. The van der Waals surface area contributed by atoms with Crippen molar-refractivity contribution in [2.24, 2.45) is 4.99 Å². The van der Waals surface area contributed by atoms with Gasteiger partial charge < -0.3 is 19.5 Å². The first-order valence-electron chi connectivity index (χ1n) is 9.64. The SMILES string of the molecule is O=[N+]([O-])c1ccc(-c2nnc(N3CCN(c4ccc(C5=NCCN5)cc4)CC3)s2)o1. The van der Waals surface area contributed by atoms with E-state index >= 15 is 0 Å². The van der Waals surface area contributed by atoms with Crippen molar-refractivity contribution in [3.8, 4) is 10.8 Å². The van der Waals surface area contributed by atoms with Crippen LogP contribution >= 0.6 is 11.3 Å². The zero-order valence-corrected chi connectivity index (χ0v) is 16.8. The van der Waals surface area contributed by atoms with E-state index in [1.807, 2.05) is 0 Å². The third kappa shape index (κ3) is 3.59. The molecule has 0 unspecified atom stereocenters. The number of nitro groups is 1. The number of nitrogens with zero attached hydrogens (tertiary/aromatic N) is 6. The highest BCUT2D eigenvalue weighted by Crippen LogP contribution is 2.32. The van der Waals surface area contributed by atoms with Crippen molar-refractivity contribution in [2.75, 3.05) is 49.1 Å². The van der Waals surface area contributed by atoms with Crippen molar-refractivity contribution in [3.05, 3.63) is 52.1 Å². The molecule has 0 atom stereocenters. The minimum absolute atomic E-state index is 0.294. The van der Waals surface area contributed by atoms with E-state index in [1.165, 1.54) is 23.1 Å². The Hall–Kier alpha value is -3.47. The van der Waals surface area contributed by atoms with E-state index in [0.29, 0.717) is 10.8 Å². The molecule has 154 valence electrons. The summed E-state index contributed by atoms with van der Waals surface area (Å²) in [5.41, 5.74) is 2.31. The van der Waals surface area contributed by atoms with Crippen LogP contribution < -0.4 is 15.1 Å². The molecule has 0 spiro atoms. The summed E-state index contributed by atoms with van der Waals surface area (Å²) in [6, 6.07) is 11.4. The second-order valence-corrected chi connectivity index (χ2v) is 7.92. The van der Waals surface area contributed by atoms with E-state index in [9.17, 15) is 10.1 Å². The molecule has 1 aromatic carbocycles. The molecular formula is C19H19N7O3S. The number of amidine groups is 1. The van der Waals surface area contributed by atoms with E-state index in [-0.39, 0.29) is 5.88 Å². The van der Waals surface area contributed by atoms with Crippen LogP contribution in [0.1, 0.15) is 5.56 Å². The van der Waals surface area contributed by atoms with E-state index < -0.39 is 4.92 Å². The number of anilines is 2. The zero-order chi connectivity index (χ0) is 20.5. The van der Waals surface area contributed by atoms with Gasteiger partial charge in [0.1, 0.15) is 10.8 Å². The van der Waals surface area contributed by atoms with Gasteiger partial charge in [-0.05, 0) is 30.3 Å². The molecule has 0 saturated carbocycles. The van der Waals surface area contributed by atoms with Crippen molar-refractivity contribution in [2.45, 2.75) is 0 Å². The average molecular weight is 425 g/mol. The summed E-state index contributed by atoms with van der Waals surface area (Å²) in [6.07, 6.45) is 0. The summed E-state index contributed by atoms with van der Waals surface area (Å²) in [5, 5.41) is 23.8. The second-order valence-electron chi connectivity index (χ2n) is 6.96. The molecule has 2 aromatic heterocycles. The summed E-state index contributed by atoms with van der Waals surface area (Å²) in [4.78, 5) is 19.2. The van der Waals surface area contributed by atoms with Gasteiger partial charge >= 0.3 is 5.88 Å². The number of hydrogen-bond acceptors (Lipinski definition) is 10. The fourth-order valence-corrected chi connectivity index (χ4v) is 4.42. The highest BCUT2D eigenvalue weighted by atomic mass is 32.1. The smallest absolute Gasteiger partial charge is 0.398 e. The summed E-state index contributed by atoms with van der Waals surface area (Å²) in [7, 11) is 0. The molecule has 2 aliphatic heterocycles. The van der Waals surface area contributed by atoms with Gasteiger partial charge in [-0.1, -0.05) is 11.3 Å². The molecule has 2 aliphatic rings. The van der Waals surface area contributed by atoms with Gasteiger partial charge in [0.25, 0.3) is 0 Å². The van der Waals surface area contributed by atoms with Crippen LogP contribution in [0.15, 0.2) is 45.8 Å². The van der Waals surface area contributed by atoms with Crippen LogP contribution in [0.4, 0.5) is 16.7 Å². The van der Waals surface area contributed by atoms with Crippen LogP contribution in [0.3, 0.4) is 0 Å². The lowest BCUT2D eigenvalue weighted by Gasteiger charge is -2.35. The maximum atomic E-state index is 10.8. The minimum atomic E-state index is -0.561. The lowest BCUT2D eigenvalue weighted by atomic mass is 10.1. The predicted octanol–water partition coefficient (Wildman–Crippen LogP) is 2.38. The molecule has 1 saturated heterocycles. The number of piperazine rings is 1. The topological polar surface area (TPSA) is 113 Å². The average Bonchev–Trinajstić information content (AvgIpc) is 3.55. The van der Waals surface area contributed by atoms with Gasteiger partial charge in [0.2, 0.25) is 5.13 Å². The van der Waals surface area contributed by atoms with Gasteiger partial charge in [0.15, 0.2) is 10.8 Å². The number of rotatable bonds is 5. The van der Waals surface area contributed by atoms with Gasteiger partial charge in [0, 0.05) is 44.0 Å². The van der Waals surface area contributed by atoms with Crippen LogP contribution in [-0.4, -0.2) is 60.2 Å². The number of aliphatic imine (C=N–C) groups is 1. The second kappa shape index (κ2) is 7.75. The van der Waals surface area contributed by atoms with Gasteiger partial charge in [-0.3, -0.25) is 15.1 Å². The van der Waals surface area contributed by atoms with Crippen molar-refractivity contribution < 1.29 is 9.34 Å². The van der Waals surface area contributed by atoms with E-state index in [4.69, 9.17) is 4.42 Å². The molecule has 11 heteroatoms. The Labute approximate surface area is 176 Å². The molecular weight excluding hydrogens is 406 g/mol. The maximum Gasteiger partial charge on any atom is 0.433 e. The van der Waals surface area contributed by atoms with E-state index in [0.717, 1.165) is 55.8 Å². The normalized spacial score (nSPS) is 16.5. The molecule has 0 amide bonds. The van der Waals surface area contributed by atoms with Crippen molar-refractivity contribution in [1.29, 1.82) is 0 Å². The number of nitrogens with one attached hydrogen (secondary N) is 1. The number of aromatic nitrogens is 2. The highest BCUT2D eigenvalue weighted by Gasteiger charge is 2.22. The lowest BCUT2D eigenvalue weighted by molar-refractivity contribution is -0.401. The van der Waals surface area contributed by atoms with Crippen LogP contribution in [-0.2, 0) is 0 Å². The van der Waals surface area contributed by atoms with Gasteiger partial charge in [-0.25, -0.2) is 0 Å². The Morgan fingerprint density at radius 3 is 2.47 bits per heavy atom. The van der Waals surface area contributed by atoms with E-state index in [2.05, 4.69) is 54.6 Å². The monoisotopic (exact) mass is 425 g/mol. The van der Waals surface area contributed by atoms with Crippen LogP contribution in [0, 0.1) is 10.1 Å². The van der Waals surface area contributed by atoms with Crippen molar-refractivity contribution in [1.82, 2.24) is 15.5 Å².